The first-order valence-electron chi connectivity index (χ1n) is 5.00. The molecule has 0 saturated carbocycles. The van der Waals surface area contributed by atoms with Crippen molar-refractivity contribution in [2.24, 2.45) is 5.73 Å². The number of rotatable bonds is 4. The van der Waals surface area contributed by atoms with Crippen molar-refractivity contribution in [3.8, 4) is 5.75 Å². The highest BCUT2D eigenvalue weighted by Gasteiger charge is 2.29. The summed E-state index contributed by atoms with van der Waals surface area (Å²) in [6, 6.07) is 1.95. The molecule has 0 amide bonds. The predicted octanol–water partition coefficient (Wildman–Crippen LogP) is 3.06. The van der Waals surface area contributed by atoms with Gasteiger partial charge in [0, 0.05) is 18.5 Å². The number of benzene rings is 1. The normalized spacial score (nSPS) is 12.6. The topological polar surface area (TPSA) is 89.4 Å². The summed E-state index contributed by atoms with van der Waals surface area (Å²) in [4.78, 5) is 9.94. The molecule has 0 bridgehead atoms. The standard InChI is InChI=1S/C10H11F3N2O3.ClH/c11-10(12,13)4-3-8(14)7-5-6(16)1-2-9(7)15(17)18;/h1-2,5,8,16H,3-4,14H2;1H/t8-;/m0./s1. The largest absolute Gasteiger partial charge is 0.508 e. The van der Waals surface area contributed by atoms with E-state index in [1.54, 1.807) is 0 Å². The lowest BCUT2D eigenvalue weighted by Gasteiger charge is -2.13. The van der Waals surface area contributed by atoms with Gasteiger partial charge in [-0.05, 0) is 18.6 Å². The van der Waals surface area contributed by atoms with E-state index in [-0.39, 0.29) is 23.7 Å². The molecule has 0 unspecified atom stereocenters. The Bertz CT molecular complexity index is 454. The summed E-state index contributed by atoms with van der Waals surface area (Å²) in [7, 11) is 0. The van der Waals surface area contributed by atoms with Gasteiger partial charge in [0.2, 0.25) is 0 Å². The Morgan fingerprint density at radius 2 is 2.00 bits per heavy atom. The Morgan fingerprint density at radius 1 is 1.42 bits per heavy atom. The first kappa shape index (κ1) is 17.5. The third-order valence-corrected chi connectivity index (χ3v) is 2.35. The Morgan fingerprint density at radius 3 is 2.47 bits per heavy atom. The van der Waals surface area contributed by atoms with Crippen LogP contribution < -0.4 is 5.73 Å². The molecule has 0 aromatic heterocycles. The van der Waals surface area contributed by atoms with E-state index in [1.165, 1.54) is 0 Å². The maximum absolute atomic E-state index is 12.0. The Hall–Kier alpha value is -1.54. The third kappa shape index (κ3) is 5.31. The molecule has 108 valence electrons. The van der Waals surface area contributed by atoms with E-state index in [0.717, 1.165) is 18.2 Å². The molecule has 5 nitrogen and oxygen atoms in total. The number of nitro groups is 1. The minimum absolute atomic E-state index is 0. The fraction of sp³-hybridized carbons (Fsp3) is 0.400. The number of alkyl halides is 3. The van der Waals surface area contributed by atoms with Gasteiger partial charge in [0.1, 0.15) is 5.75 Å². The molecule has 1 aromatic carbocycles. The number of nitrogens with zero attached hydrogens (tertiary/aromatic N) is 1. The van der Waals surface area contributed by atoms with E-state index in [2.05, 4.69) is 0 Å². The monoisotopic (exact) mass is 300 g/mol. The van der Waals surface area contributed by atoms with E-state index in [1.807, 2.05) is 0 Å². The van der Waals surface area contributed by atoms with Crippen LogP contribution in [0.15, 0.2) is 18.2 Å². The zero-order chi connectivity index (χ0) is 13.9. The number of phenolic OH excluding ortho intramolecular Hbond substituents is 1. The van der Waals surface area contributed by atoms with Gasteiger partial charge >= 0.3 is 6.18 Å². The highest BCUT2D eigenvalue weighted by atomic mass is 35.5. The van der Waals surface area contributed by atoms with Gasteiger partial charge in [0.05, 0.1) is 10.5 Å². The first-order chi connectivity index (χ1) is 8.20. The number of nitro benzene ring substituents is 1. The number of phenols is 1. The smallest absolute Gasteiger partial charge is 0.389 e. The van der Waals surface area contributed by atoms with Crippen LogP contribution in [-0.4, -0.2) is 16.2 Å². The van der Waals surface area contributed by atoms with Crippen molar-refractivity contribution >= 4 is 18.1 Å². The summed E-state index contributed by atoms with van der Waals surface area (Å²) in [5.41, 5.74) is 4.99. The zero-order valence-corrected chi connectivity index (χ0v) is 10.4. The van der Waals surface area contributed by atoms with Crippen LogP contribution >= 0.6 is 12.4 Å². The van der Waals surface area contributed by atoms with Crippen LogP contribution in [0, 0.1) is 10.1 Å². The number of hydrogen-bond acceptors (Lipinski definition) is 4. The molecule has 3 N–H and O–H groups in total. The van der Waals surface area contributed by atoms with E-state index < -0.39 is 35.7 Å². The van der Waals surface area contributed by atoms with Gasteiger partial charge in [0.25, 0.3) is 5.69 Å². The molecule has 1 atom stereocenters. The fourth-order valence-electron chi connectivity index (χ4n) is 1.48. The average molecular weight is 301 g/mol. The van der Waals surface area contributed by atoms with E-state index in [9.17, 15) is 28.4 Å². The zero-order valence-electron chi connectivity index (χ0n) is 9.55. The molecule has 0 aliphatic rings. The maximum atomic E-state index is 12.0. The van der Waals surface area contributed by atoms with Crippen molar-refractivity contribution in [1.82, 2.24) is 0 Å². The van der Waals surface area contributed by atoms with Crippen LogP contribution in [0.5, 0.6) is 5.75 Å². The quantitative estimate of drug-likeness (QED) is 0.660. The minimum atomic E-state index is -4.37. The molecular formula is C10H12ClF3N2O3. The molecule has 0 aliphatic carbocycles. The van der Waals surface area contributed by atoms with Crippen LogP contribution in [0.2, 0.25) is 0 Å². The molecule has 0 aliphatic heterocycles. The highest BCUT2D eigenvalue weighted by Crippen LogP contribution is 2.32. The average Bonchev–Trinajstić information content (AvgIpc) is 2.24. The number of hydrogen-bond donors (Lipinski definition) is 2. The molecule has 19 heavy (non-hydrogen) atoms. The number of halogens is 4. The molecular weight excluding hydrogens is 289 g/mol. The molecule has 1 rings (SSSR count). The lowest BCUT2D eigenvalue weighted by molar-refractivity contribution is -0.385. The Balaban J connectivity index is 0.00000324. The fourth-order valence-corrected chi connectivity index (χ4v) is 1.48. The molecule has 0 radical (unpaired) electrons. The lowest BCUT2D eigenvalue weighted by atomic mass is 10.0. The number of nitrogens with two attached hydrogens (primary N) is 1. The van der Waals surface area contributed by atoms with Crippen LogP contribution in [0.4, 0.5) is 18.9 Å². The van der Waals surface area contributed by atoms with Crippen molar-refractivity contribution in [3.05, 3.63) is 33.9 Å². The third-order valence-electron chi connectivity index (χ3n) is 2.35. The van der Waals surface area contributed by atoms with Crippen LogP contribution in [0.3, 0.4) is 0 Å². The molecule has 0 spiro atoms. The van der Waals surface area contributed by atoms with Crippen molar-refractivity contribution in [2.75, 3.05) is 0 Å². The molecule has 0 fully saturated rings. The summed E-state index contributed by atoms with van der Waals surface area (Å²) in [5, 5.41) is 19.9. The minimum Gasteiger partial charge on any atom is -0.508 e. The summed E-state index contributed by atoms with van der Waals surface area (Å²) < 4.78 is 36.1. The molecule has 0 saturated heterocycles. The second kappa shape index (κ2) is 6.58. The van der Waals surface area contributed by atoms with Gasteiger partial charge in [-0.1, -0.05) is 0 Å². The van der Waals surface area contributed by atoms with Crippen molar-refractivity contribution in [2.45, 2.75) is 25.1 Å². The van der Waals surface area contributed by atoms with Gasteiger partial charge in [-0.15, -0.1) is 12.4 Å². The van der Waals surface area contributed by atoms with Gasteiger partial charge in [-0.3, -0.25) is 10.1 Å². The summed E-state index contributed by atoms with van der Waals surface area (Å²) in [5.74, 6) is -0.280. The highest BCUT2D eigenvalue weighted by molar-refractivity contribution is 5.85. The predicted molar refractivity (Wildman–Crippen MR) is 64.2 cm³/mol. The van der Waals surface area contributed by atoms with Gasteiger partial charge in [-0.2, -0.15) is 13.2 Å². The maximum Gasteiger partial charge on any atom is 0.389 e. The second-order valence-corrected chi connectivity index (χ2v) is 3.76. The Kier molecular flexibility index (Phi) is 6.04. The SMILES string of the molecule is Cl.N[C@@H](CCC(F)(F)F)c1cc(O)ccc1[N+](=O)[O-]. The Labute approximate surface area is 112 Å². The molecule has 1 aromatic rings. The summed E-state index contributed by atoms with van der Waals surface area (Å²) in [6.07, 6.45) is -5.99. The number of aromatic hydroxyl groups is 1. The van der Waals surface area contributed by atoms with E-state index in [0.29, 0.717) is 0 Å². The summed E-state index contributed by atoms with van der Waals surface area (Å²) in [6.45, 7) is 0. The molecule has 9 heteroatoms. The van der Waals surface area contributed by atoms with Crippen LogP contribution in [0.25, 0.3) is 0 Å². The lowest BCUT2D eigenvalue weighted by Crippen LogP contribution is -2.16. The second-order valence-electron chi connectivity index (χ2n) is 3.76. The molecule has 0 heterocycles. The van der Waals surface area contributed by atoms with E-state index in [4.69, 9.17) is 5.73 Å². The van der Waals surface area contributed by atoms with Gasteiger partial charge in [-0.25, -0.2) is 0 Å². The van der Waals surface area contributed by atoms with Crippen molar-refractivity contribution < 1.29 is 23.2 Å². The van der Waals surface area contributed by atoms with Gasteiger partial charge in [0.15, 0.2) is 0 Å². The first-order valence-corrected chi connectivity index (χ1v) is 5.00. The van der Waals surface area contributed by atoms with Gasteiger partial charge < -0.3 is 10.8 Å². The van der Waals surface area contributed by atoms with E-state index >= 15 is 0 Å². The van der Waals surface area contributed by atoms with Crippen LogP contribution in [0.1, 0.15) is 24.4 Å². The van der Waals surface area contributed by atoms with Crippen LogP contribution in [-0.2, 0) is 0 Å². The summed E-state index contributed by atoms with van der Waals surface area (Å²) >= 11 is 0. The van der Waals surface area contributed by atoms with Crippen molar-refractivity contribution in [1.29, 1.82) is 0 Å². The van der Waals surface area contributed by atoms with Crippen molar-refractivity contribution in [3.63, 3.8) is 0 Å².